The third-order valence-corrected chi connectivity index (χ3v) is 2.59. The van der Waals surface area contributed by atoms with Crippen molar-refractivity contribution in [3.8, 4) is 0 Å². The first-order valence-electron chi connectivity index (χ1n) is 2.93. The van der Waals surface area contributed by atoms with Crippen molar-refractivity contribution in [2.45, 2.75) is 11.8 Å². The van der Waals surface area contributed by atoms with Gasteiger partial charge in [-0.15, -0.1) is 0 Å². The number of nitrogens with two attached hydrogens (primary N) is 1. The average Bonchev–Trinajstić information content (AvgIpc) is 1.95. The Labute approximate surface area is 68.9 Å². The fraction of sp³-hybridized carbons (Fsp3) is 0.143. The van der Waals surface area contributed by atoms with E-state index >= 15 is 0 Å². The lowest BCUT2D eigenvalue weighted by Gasteiger charge is -1.95. The Bertz CT molecular complexity index is 195. The van der Waals surface area contributed by atoms with E-state index in [1.54, 1.807) is 10.8 Å². The molecular formula is C7H9NS2. The molecule has 0 saturated heterocycles. The van der Waals surface area contributed by atoms with Gasteiger partial charge in [0.05, 0.1) is 0 Å². The zero-order valence-electron chi connectivity index (χ0n) is 5.70. The standard InChI is InChI=1S/C7H9NS2/c1-6-2-4-7(5-3-6)9-10-8/h2-5H,8H2,1H3. The third-order valence-electron chi connectivity index (χ3n) is 1.17. The first kappa shape index (κ1) is 7.98. The predicted octanol–water partition coefficient (Wildman–Crippen LogP) is 2.61. The number of hydrogen-bond acceptors (Lipinski definition) is 3. The second-order valence-corrected chi connectivity index (χ2v) is 3.90. The Morgan fingerprint density at radius 1 is 1.20 bits per heavy atom. The maximum absolute atomic E-state index is 5.28. The average molecular weight is 171 g/mol. The molecule has 0 unspecified atom stereocenters. The molecule has 0 spiro atoms. The summed E-state index contributed by atoms with van der Waals surface area (Å²) in [7, 11) is 2.86. The van der Waals surface area contributed by atoms with Gasteiger partial charge in [0.1, 0.15) is 0 Å². The van der Waals surface area contributed by atoms with Crippen molar-refractivity contribution in [2.24, 2.45) is 5.14 Å². The van der Waals surface area contributed by atoms with Crippen LogP contribution < -0.4 is 5.14 Å². The van der Waals surface area contributed by atoms with E-state index in [1.807, 2.05) is 0 Å². The number of rotatable bonds is 2. The summed E-state index contributed by atoms with van der Waals surface area (Å²) in [6, 6.07) is 8.30. The third kappa shape index (κ3) is 2.25. The monoisotopic (exact) mass is 171 g/mol. The van der Waals surface area contributed by atoms with Gasteiger partial charge in [-0.25, -0.2) is 0 Å². The van der Waals surface area contributed by atoms with Crippen molar-refractivity contribution in [3.05, 3.63) is 29.8 Å². The highest BCUT2D eigenvalue weighted by Gasteiger charge is 1.89. The number of benzene rings is 1. The highest BCUT2D eigenvalue weighted by atomic mass is 33.1. The normalized spacial score (nSPS) is 9.80. The van der Waals surface area contributed by atoms with Crippen LogP contribution in [-0.2, 0) is 0 Å². The van der Waals surface area contributed by atoms with Crippen LogP contribution in [0.25, 0.3) is 0 Å². The van der Waals surface area contributed by atoms with E-state index in [1.165, 1.54) is 21.4 Å². The molecule has 1 aromatic rings. The summed E-state index contributed by atoms with van der Waals surface area (Å²) in [5, 5.41) is 5.28. The molecule has 0 aliphatic rings. The molecule has 0 atom stereocenters. The second kappa shape index (κ2) is 3.91. The van der Waals surface area contributed by atoms with E-state index in [-0.39, 0.29) is 0 Å². The Hall–Kier alpha value is -0.120. The van der Waals surface area contributed by atoms with E-state index in [0.29, 0.717) is 0 Å². The Morgan fingerprint density at radius 3 is 2.30 bits per heavy atom. The number of hydrogen-bond donors (Lipinski definition) is 1. The molecule has 0 radical (unpaired) electrons. The lowest BCUT2D eigenvalue weighted by atomic mass is 10.2. The molecule has 1 nitrogen and oxygen atoms in total. The van der Waals surface area contributed by atoms with Crippen molar-refractivity contribution in [3.63, 3.8) is 0 Å². The number of aryl methyl sites for hydroxylation is 1. The van der Waals surface area contributed by atoms with Crippen molar-refractivity contribution >= 4 is 21.8 Å². The van der Waals surface area contributed by atoms with Gasteiger partial charge in [0.2, 0.25) is 0 Å². The largest absolute Gasteiger partial charge is 0.268 e. The molecular weight excluding hydrogens is 162 g/mol. The molecule has 3 heteroatoms. The Morgan fingerprint density at radius 2 is 1.80 bits per heavy atom. The summed E-state index contributed by atoms with van der Waals surface area (Å²) in [5.74, 6) is 0. The van der Waals surface area contributed by atoms with Crippen LogP contribution in [0, 0.1) is 6.92 Å². The molecule has 0 aliphatic carbocycles. The molecule has 0 aliphatic heterocycles. The minimum Gasteiger partial charge on any atom is -0.268 e. The highest BCUT2D eigenvalue weighted by molar-refractivity contribution is 8.75. The fourth-order valence-corrected chi connectivity index (χ4v) is 1.67. The quantitative estimate of drug-likeness (QED) is 0.547. The van der Waals surface area contributed by atoms with Gasteiger partial charge in [0.25, 0.3) is 0 Å². The zero-order valence-corrected chi connectivity index (χ0v) is 7.34. The van der Waals surface area contributed by atoms with Gasteiger partial charge in [0.15, 0.2) is 0 Å². The van der Waals surface area contributed by atoms with E-state index in [9.17, 15) is 0 Å². The first-order valence-corrected chi connectivity index (χ1v) is 5.14. The minimum absolute atomic E-state index is 1.21. The van der Waals surface area contributed by atoms with Crippen molar-refractivity contribution in [1.29, 1.82) is 0 Å². The molecule has 2 N–H and O–H groups in total. The summed E-state index contributed by atoms with van der Waals surface area (Å²) in [6.07, 6.45) is 0. The predicted molar refractivity (Wildman–Crippen MR) is 48.8 cm³/mol. The van der Waals surface area contributed by atoms with Crippen LogP contribution in [0.2, 0.25) is 0 Å². The van der Waals surface area contributed by atoms with Gasteiger partial charge in [-0.2, -0.15) is 0 Å². The van der Waals surface area contributed by atoms with Gasteiger partial charge in [0, 0.05) is 4.90 Å². The molecule has 0 fully saturated rings. The molecule has 54 valence electrons. The lowest BCUT2D eigenvalue weighted by molar-refractivity contribution is 1.38. The minimum atomic E-state index is 1.21. The van der Waals surface area contributed by atoms with Crippen molar-refractivity contribution < 1.29 is 0 Å². The van der Waals surface area contributed by atoms with Crippen LogP contribution in [0.3, 0.4) is 0 Å². The second-order valence-electron chi connectivity index (χ2n) is 1.99. The summed E-state index contributed by atoms with van der Waals surface area (Å²) < 4.78 is 0. The van der Waals surface area contributed by atoms with Gasteiger partial charge < -0.3 is 0 Å². The fourth-order valence-electron chi connectivity index (χ4n) is 0.649. The molecule has 0 saturated carbocycles. The highest BCUT2D eigenvalue weighted by Crippen LogP contribution is 2.25. The lowest BCUT2D eigenvalue weighted by Crippen LogP contribution is -1.73. The first-order chi connectivity index (χ1) is 4.83. The van der Waals surface area contributed by atoms with Crippen LogP contribution in [0.15, 0.2) is 29.2 Å². The van der Waals surface area contributed by atoms with Crippen LogP contribution in [0.1, 0.15) is 5.56 Å². The zero-order chi connectivity index (χ0) is 7.40. The topological polar surface area (TPSA) is 26.0 Å². The van der Waals surface area contributed by atoms with Crippen LogP contribution >= 0.6 is 21.8 Å². The van der Waals surface area contributed by atoms with Crippen LogP contribution in [0.4, 0.5) is 0 Å². The molecule has 0 aromatic heterocycles. The molecule has 0 amide bonds. The molecule has 1 rings (SSSR count). The van der Waals surface area contributed by atoms with Gasteiger partial charge >= 0.3 is 0 Å². The van der Waals surface area contributed by atoms with E-state index < -0.39 is 0 Å². The van der Waals surface area contributed by atoms with E-state index in [4.69, 9.17) is 5.14 Å². The summed E-state index contributed by atoms with van der Waals surface area (Å²) in [6.45, 7) is 2.07. The molecule has 0 bridgehead atoms. The summed E-state index contributed by atoms with van der Waals surface area (Å²) in [4.78, 5) is 1.21. The molecule has 0 heterocycles. The summed E-state index contributed by atoms with van der Waals surface area (Å²) >= 11 is 0. The van der Waals surface area contributed by atoms with Crippen molar-refractivity contribution in [1.82, 2.24) is 0 Å². The maximum atomic E-state index is 5.28. The smallest absolute Gasteiger partial charge is 0.0195 e. The van der Waals surface area contributed by atoms with E-state index in [0.717, 1.165) is 0 Å². The Kier molecular flexibility index (Phi) is 3.12. The van der Waals surface area contributed by atoms with Gasteiger partial charge in [-0.1, -0.05) is 17.7 Å². The SMILES string of the molecule is Cc1ccc(SSN)cc1. The van der Waals surface area contributed by atoms with Crippen LogP contribution in [-0.4, -0.2) is 0 Å². The summed E-state index contributed by atoms with van der Waals surface area (Å²) in [5.41, 5.74) is 1.28. The van der Waals surface area contributed by atoms with E-state index in [2.05, 4.69) is 31.2 Å². The van der Waals surface area contributed by atoms with Crippen molar-refractivity contribution in [2.75, 3.05) is 0 Å². The van der Waals surface area contributed by atoms with Crippen LogP contribution in [0.5, 0.6) is 0 Å². The van der Waals surface area contributed by atoms with Gasteiger partial charge in [-0.3, -0.25) is 5.14 Å². The van der Waals surface area contributed by atoms with Gasteiger partial charge in [-0.05, 0) is 40.8 Å². The molecule has 1 aromatic carbocycles. The Balaban J connectivity index is 2.69. The molecule has 10 heavy (non-hydrogen) atoms. The maximum Gasteiger partial charge on any atom is 0.0195 e.